The molecule has 0 spiro atoms. The van der Waals surface area contributed by atoms with Crippen LogP contribution in [0.3, 0.4) is 0 Å². The van der Waals surface area contributed by atoms with Crippen LogP contribution in [0.15, 0.2) is 18.2 Å². The Balaban J connectivity index is 3.02. The number of nitro benzene ring substituents is 1. The van der Waals surface area contributed by atoms with Gasteiger partial charge in [0.15, 0.2) is 0 Å². The van der Waals surface area contributed by atoms with Crippen LogP contribution >= 0.6 is 0 Å². The zero-order valence-electron chi connectivity index (χ0n) is 8.06. The highest BCUT2D eigenvalue weighted by Crippen LogP contribution is 2.18. The first-order valence-electron chi connectivity index (χ1n) is 4.38. The van der Waals surface area contributed by atoms with E-state index in [2.05, 4.69) is 11.8 Å². The lowest BCUT2D eigenvalue weighted by atomic mass is 10.1. The van der Waals surface area contributed by atoms with Crippen molar-refractivity contribution in [1.82, 2.24) is 0 Å². The highest BCUT2D eigenvalue weighted by molar-refractivity contribution is 5.59. The van der Waals surface area contributed by atoms with E-state index in [9.17, 15) is 10.1 Å². The molecule has 0 bridgehead atoms. The number of hydrogen-bond donors (Lipinski definition) is 2. The normalized spacial score (nSPS) is 9.13. The number of nitrogen functional groups attached to an aromatic ring is 1. The third-order valence-electron chi connectivity index (χ3n) is 1.74. The lowest BCUT2D eigenvalue weighted by Crippen LogP contribution is -1.96. The molecule has 0 aliphatic carbocycles. The van der Waals surface area contributed by atoms with Crippen LogP contribution in [-0.2, 0) is 0 Å². The maximum atomic E-state index is 10.5. The Morgan fingerprint density at radius 2 is 2.20 bits per heavy atom. The molecule has 0 aromatic heterocycles. The van der Waals surface area contributed by atoms with Gasteiger partial charge in [-0.3, -0.25) is 10.1 Å². The number of non-ortho nitro benzene ring substituents is 1. The summed E-state index contributed by atoms with van der Waals surface area (Å²) in [6.07, 6.45) is 0.544. The number of benzene rings is 1. The van der Waals surface area contributed by atoms with Crippen molar-refractivity contribution in [2.45, 2.75) is 6.42 Å². The number of anilines is 1. The fourth-order valence-electron chi connectivity index (χ4n) is 0.996. The van der Waals surface area contributed by atoms with E-state index in [1.165, 1.54) is 18.2 Å². The van der Waals surface area contributed by atoms with Crippen molar-refractivity contribution < 1.29 is 4.92 Å². The van der Waals surface area contributed by atoms with Crippen LogP contribution < -0.4 is 11.5 Å². The standard InChI is InChI=1S/C10H11N3O2/c11-6-2-1-3-8-7-9(13(14)15)4-5-10(8)12/h4-5,7H,2,6,11-12H2. The minimum absolute atomic E-state index is 0.0127. The fraction of sp³-hybridized carbons (Fsp3) is 0.200. The Bertz CT molecular complexity index is 432. The molecule has 0 amide bonds. The molecule has 1 aromatic rings. The number of nitrogens with zero attached hydrogens (tertiary/aromatic N) is 1. The molecule has 0 atom stereocenters. The molecule has 5 heteroatoms. The topological polar surface area (TPSA) is 95.2 Å². The van der Waals surface area contributed by atoms with Gasteiger partial charge in [-0.05, 0) is 6.07 Å². The molecular weight excluding hydrogens is 194 g/mol. The second-order valence-corrected chi connectivity index (χ2v) is 2.87. The van der Waals surface area contributed by atoms with Crippen LogP contribution in [0.2, 0.25) is 0 Å². The number of nitro groups is 1. The molecule has 1 aromatic carbocycles. The fourth-order valence-corrected chi connectivity index (χ4v) is 0.996. The molecule has 4 N–H and O–H groups in total. The van der Waals surface area contributed by atoms with Gasteiger partial charge in [-0.2, -0.15) is 0 Å². The van der Waals surface area contributed by atoms with E-state index >= 15 is 0 Å². The van der Waals surface area contributed by atoms with Crippen molar-refractivity contribution in [3.05, 3.63) is 33.9 Å². The monoisotopic (exact) mass is 205 g/mol. The Hall–Kier alpha value is -2.06. The maximum absolute atomic E-state index is 10.5. The van der Waals surface area contributed by atoms with Crippen LogP contribution in [0.1, 0.15) is 12.0 Å². The van der Waals surface area contributed by atoms with Crippen molar-refractivity contribution in [3.63, 3.8) is 0 Å². The molecule has 0 saturated carbocycles. The molecule has 0 radical (unpaired) electrons. The van der Waals surface area contributed by atoms with E-state index < -0.39 is 4.92 Å². The van der Waals surface area contributed by atoms with Crippen LogP contribution in [0.25, 0.3) is 0 Å². The molecule has 0 fully saturated rings. The second-order valence-electron chi connectivity index (χ2n) is 2.87. The summed E-state index contributed by atoms with van der Waals surface area (Å²) in [5.41, 5.74) is 11.8. The summed E-state index contributed by atoms with van der Waals surface area (Å²) in [7, 11) is 0. The molecular formula is C10H11N3O2. The van der Waals surface area contributed by atoms with Gasteiger partial charge in [0.2, 0.25) is 0 Å². The minimum atomic E-state index is -0.479. The molecule has 0 aliphatic rings. The largest absolute Gasteiger partial charge is 0.398 e. The average Bonchev–Trinajstić information content (AvgIpc) is 2.20. The maximum Gasteiger partial charge on any atom is 0.270 e. The highest BCUT2D eigenvalue weighted by atomic mass is 16.6. The van der Waals surface area contributed by atoms with Crippen molar-refractivity contribution in [2.75, 3.05) is 12.3 Å². The summed E-state index contributed by atoms with van der Waals surface area (Å²) in [5.74, 6) is 5.53. The Labute approximate surface area is 87.2 Å². The summed E-state index contributed by atoms with van der Waals surface area (Å²) in [4.78, 5) is 10.0. The quantitative estimate of drug-likeness (QED) is 0.324. The van der Waals surface area contributed by atoms with Gasteiger partial charge < -0.3 is 11.5 Å². The molecule has 15 heavy (non-hydrogen) atoms. The molecule has 0 heterocycles. The second kappa shape index (κ2) is 4.98. The molecule has 5 nitrogen and oxygen atoms in total. The number of rotatable bonds is 2. The first-order chi connectivity index (χ1) is 7.15. The third kappa shape index (κ3) is 2.97. The lowest BCUT2D eigenvalue weighted by molar-refractivity contribution is -0.384. The number of hydrogen-bond acceptors (Lipinski definition) is 4. The summed E-state index contributed by atoms with van der Waals surface area (Å²) >= 11 is 0. The van der Waals surface area contributed by atoms with Gasteiger partial charge in [0.1, 0.15) is 0 Å². The molecule has 78 valence electrons. The van der Waals surface area contributed by atoms with Crippen LogP contribution in [0.5, 0.6) is 0 Å². The molecule has 0 saturated heterocycles. The van der Waals surface area contributed by atoms with Gasteiger partial charge in [-0.15, -0.1) is 0 Å². The van der Waals surface area contributed by atoms with Gasteiger partial charge in [-0.1, -0.05) is 11.8 Å². The summed E-state index contributed by atoms with van der Waals surface area (Å²) in [5, 5.41) is 10.5. The zero-order chi connectivity index (χ0) is 11.3. The number of nitrogens with two attached hydrogens (primary N) is 2. The molecule has 1 rings (SSSR count). The van der Waals surface area contributed by atoms with Crippen molar-refractivity contribution in [1.29, 1.82) is 0 Å². The van der Waals surface area contributed by atoms with Gasteiger partial charge >= 0.3 is 0 Å². The van der Waals surface area contributed by atoms with Crippen LogP contribution in [-0.4, -0.2) is 11.5 Å². The van der Waals surface area contributed by atoms with Crippen molar-refractivity contribution in [2.24, 2.45) is 5.73 Å². The Morgan fingerprint density at radius 3 is 2.80 bits per heavy atom. The highest BCUT2D eigenvalue weighted by Gasteiger charge is 2.06. The van der Waals surface area contributed by atoms with E-state index in [0.717, 1.165) is 0 Å². The first kappa shape index (κ1) is 11.0. The van der Waals surface area contributed by atoms with Crippen LogP contribution in [0, 0.1) is 22.0 Å². The molecule has 0 aliphatic heterocycles. The summed E-state index contributed by atoms with van der Waals surface area (Å²) in [6.45, 7) is 0.460. The zero-order valence-corrected chi connectivity index (χ0v) is 8.06. The minimum Gasteiger partial charge on any atom is -0.398 e. The van der Waals surface area contributed by atoms with E-state index in [1.807, 2.05) is 0 Å². The Morgan fingerprint density at radius 1 is 1.47 bits per heavy atom. The average molecular weight is 205 g/mol. The Kier molecular flexibility index (Phi) is 3.66. The predicted octanol–water partition coefficient (Wildman–Crippen LogP) is 0.877. The van der Waals surface area contributed by atoms with E-state index in [1.54, 1.807) is 0 Å². The van der Waals surface area contributed by atoms with E-state index in [-0.39, 0.29) is 5.69 Å². The van der Waals surface area contributed by atoms with Crippen molar-refractivity contribution in [3.8, 4) is 11.8 Å². The van der Waals surface area contributed by atoms with E-state index in [4.69, 9.17) is 11.5 Å². The SMILES string of the molecule is NCCC#Cc1cc([N+](=O)[O-])ccc1N. The molecule has 0 unspecified atom stereocenters. The van der Waals surface area contributed by atoms with Crippen LogP contribution in [0.4, 0.5) is 11.4 Å². The van der Waals surface area contributed by atoms with Gasteiger partial charge in [0.05, 0.1) is 10.5 Å². The smallest absolute Gasteiger partial charge is 0.270 e. The summed E-state index contributed by atoms with van der Waals surface area (Å²) < 4.78 is 0. The predicted molar refractivity (Wildman–Crippen MR) is 58.1 cm³/mol. The van der Waals surface area contributed by atoms with E-state index in [0.29, 0.717) is 24.2 Å². The van der Waals surface area contributed by atoms with Crippen molar-refractivity contribution >= 4 is 11.4 Å². The summed E-state index contributed by atoms with van der Waals surface area (Å²) in [6, 6.07) is 4.19. The van der Waals surface area contributed by atoms with Gasteiger partial charge in [-0.25, -0.2) is 0 Å². The third-order valence-corrected chi connectivity index (χ3v) is 1.74. The van der Waals surface area contributed by atoms with Gasteiger partial charge in [0, 0.05) is 30.8 Å². The lowest BCUT2D eigenvalue weighted by Gasteiger charge is -1.97. The first-order valence-corrected chi connectivity index (χ1v) is 4.38. The van der Waals surface area contributed by atoms with Gasteiger partial charge in [0.25, 0.3) is 5.69 Å².